The lowest BCUT2D eigenvalue weighted by atomic mass is 9.80. The van der Waals surface area contributed by atoms with Crippen molar-refractivity contribution in [2.45, 2.75) is 44.3 Å². The molecule has 1 heterocycles. The van der Waals surface area contributed by atoms with Crippen LogP contribution in [0.4, 0.5) is 0 Å². The van der Waals surface area contributed by atoms with Gasteiger partial charge in [-0.25, -0.2) is 0 Å². The van der Waals surface area contributed by atoms with Gasteiger partial charge in [0.1, 0.15) is 18.4 Å². The topological polar surface area (TPSA) is 133 Å². The van der Waals surface area contributed by atoms with Crippen LogP contribution in [-0.4, -0.2) is 64.7 Å². The van der Waals surface area contributed by atoms with Gasteiger partial charge in [0, 0.05) is 18.0 Å². The standard InChI is InChI=1S/C26H29N3O6/c1-16(2)22(28-24(33)18-11-7-4-8-12-18)26(35)29-14-20(17-9-5-3-6-10-17)23(29)25(34)27-19(15-30)13-21(31)32/h3-12,15-16,19-20,22-23H,13-14H2,1-2H3,(H,27,34)(H,28,33)(H,31,32)/t19-,20+,22-,23-/m0/s1. The summed E-state index contributed by atoms with van der Waals surface area (Å²) < 4.78 is 0. The first-order valence-corrected chi connectivity index (χ1v) is 11.4. The van der Waals surface area contributed by atoms with E-state index in [1.807, 2.05) is 30.3 Å². The van der Waals surface area contributed by atoms with Gasteiger partial charge in [0.15, 0.2) is 0 Å². The van der Waals surface area contributed by atoms with Gasteiger partial charge in [-0.3, -0.25) is 19.2 Å². The van der Waals surface area contributed by atoms with Crippen LogP contribution in [0.5, 0.6) is 0 Å². The van der Waals surface area contributed by atoms with Crippen molar-refractivity contribution in [2.24, 2.45) is 5.92 Å². The molecule has 1 aliphatic heterocycles. The fraction of sp³-hybridized carbons (Fsp3) is 0.346. The molecular weight excluding hydrogens is 450 g/mol. The summed E-state index contributed by atoms with van der Waals surface area (Å²) >= 11 is 0. The van der Waals surface area contributed by atoms with E-state index in [9.17, 15) is 24.0 Å². The van der Waals surface area contributed by atoms with Gasteiger partial charge in [0.05, 0.1) is 12.5 Å². The van der Waals surface area contributed by atoms with Crippen molar-refractivity contribution in [3.05, 3.63) is 71.8 Å². The second kappa shape index (κ2) is 11.4. The van der Waals surface area contributed by atoms with Crippen LogP contribution in [0.3, 0.4) is 0 Å². The highest BCUT2D eigenvalue weighted by Gasteiger charge is 2.49. The summed E-state index contributed by atoms with van der Waals surface area (Å²) in [6.07, 6.45) is -0.195. The fourth-order valence-corrected chi connectivity index (χ4v) is 4.14. The molecule has 3 amide bonds. The quantitative estimate of drug-likeness (QED) is 0.444. The number of hydrogen-bond acceptors (Lipinski definition) is 5. The number of hydrogen-bond donors (Lipinski definition) is 3. The van der Waals surface area contributed by atoms with E-state index in [4.69, 9.17) is 5.11 Å². The minimum absolute atomic E-state index is 0.246. The van der Waals surface area contributed by atoms with E-state index in [2.05, 4.69) is 10.6 Å². The van der Waals surface area contributed by atoms with E-state index in [1.165, 1.54) is 4.90 Å². The fourth-order valence-electron chi connectivity index (χ4n) is 4.14. The number of amides is 3. The number of nitrogens with one attached hydrogen (secondary N) is 2. The van der Waals surface area contributed by atoms with E-state index >= 15 is 0 Å². The molecule has 4 atom stereocenters. The number of nitrogens with zero attached hydrogens (tertiary/aromatic N) is 1. The summed E-state index contributed by atoms with van der Waals surface area (Å²) in [6, 6.07) is 14.7. The van der Waals surface area contributed by atoms with Crippen molar-refractivity contribution >= 4 is 30.0 Å². The number of carbonyl (C=O) groups is 5. The zero-order valence-electron chi connectivity index (χ0n) is 19.6. The van der Waals surface area contributed by atoms with Crippen LogP contribution in [0.15, 0.2) is 60.7 Å². The van der Waals surface area contributed by atoms with Gasteiger partial charge in [-0.05, 0) is 23.6 Å². The Kier molecular flexibility index (Phi) is 8.35. The highest BCUT2D eigenvalue weighted by atomic mass is 16.4. The molecule has 0 bridgehead atoms. The van der Waals surface area contributed by atoms with Gasteiger partial charge in [-0.2, -0.15) is 0 Å². The maximum absolute atomic E-state index is 13.5. The summed E-state index contributed by atoms with van der Waals surface area (Å²) in [5.41, 5.74) is 1.25. The highest BCUT2D eigenvalue weighted by Crippen LogP contribution is 2.35. The molecule has 0 aromatic heterocycles. The smallest absolute Gasteiger partial charge is 0.305 e. The predicted octanol–water partition coefficient (Wildman–Crippen LogP) is 1.59. The average Bonchev–Trinajstić information content (AvgIpc) is 2.81. The Hall–Kier alpha value is -4.01. The monoisotopic (exact) mass is 479 g/mol. The van der Waals surface area contributed by atoms with E-state index in [1.54, 1.807) is 44.2 Å². The second-order valence-electron chi connectivity index (χ2n) is 8.86. The molecule has 0 aliphatic carbocycles. The van der Waals surface area contributed by atoms with E-state index in [-0.39, 0.29) is 18.4 Å². The van der Waals surface area contributed by atoms with E-state index in [0.717, 1.165) is 5.56 Å². The van der Waals surface area contributed by atoms with Crippen LogP contribution in [-0.2, 0) is 19.2 Å². The molecule has 2 aromatic rings. The number of benzene rings is 2. The molecule has 1 saturated heterocycles. The molecule has 0 saturated carbocycles. The van der Waals surface area contributed by atoms with Crippen LogP contribution in [0, 0.1) is 5.92 Å². The number of likely N-dealkylation sites (tertiary alicyclic amines) is 1. The van der Waals surface area contributed by atoms with Crippen LogP contribution in [0.25, 0.3) is 0 Å². The minimum atomic E-state index is -1.23. The second-order valence-corrected chi connectivity index (χ2v) is 8.86. The zero-order chi connectivity index (χ0) is 25.5. The summed E-state index contributed by atoms with van der Waals surface area (Å²) in [6.45, 7) is 3.84. The lowest BCUT2D eigenvalue weighted by Gasteiger charge is -2.49. The van der Waals surface area contributed by atoms with Gasteiger partial charge < -0.3 is 25.4 Å². The number of carboxylic acid groups (broad SMARTS) is 1. The molecule has 35 heavy (non-hydrogen) atoms. The van der Waals surface area contributed by atoms with Crippen molar-refractivity contribution < 1.29 is 29.1 Å². The van der Waals surface area contributed by atoms with Crippen molar-refractivity contribution in [3.8, 4) is 0 Å². The molecule has 0 unspecified atom stereocenters. The van der Waals surface area contributed by atoms with Crippen molar-refractivity contribution in [1.29, 1.82) is 0 Å². The molecule has 2 aromatic carbocycles. The number of aldehydes is 1. The highest BCUT2D eigenvalue weighted by molar-refractivity contribution is 5.99. The van der Waals surface area contributed by atoms with Gasteiger partial charge in [0.2, 0.25) is 11.8 Å². The lowest BCUT2D eigenvalue weighted by Crippen LogP contribution is -2.67. The van der Waals surface area contributed by atoms with E-state index < -0.39 is 48.2 Å². The van der Waals surface area contributed by atoms with Crippen molar-refractivity contribution in [2.75, 3.05) is 6.54 Å². The number of rotatable bonds is 10. The number of carbonyl (C=O) groups excluding carboxylic acids is 4. The molecule has 9 heteroatoms. The first-order chi connectivity index (χ1) is 16.7. The van der Waals surface area contributed by atoms with E-state index in [0.29, 0.717) is 11.8 Å². The van der Waals surface area contributed by atoms with Crippen LogP contribution >= 0.6 is 0 Å². The average molecular weight is 480 g/mol. The number of aliphatic carboxylic acids is 1. The lowest BCUT2D eigenvalue weighted by molar-refractivity contribution is -0.152. The molecule has 3 rings (SSSR count). The Morgan fingerprint density at radius 3 is 2.14 bits per heavy atom. The Balaban J connectivity index is 1.83. The SMILES string of the molecule is CC(C)[C@H](NC(=O)c1ccccc1)C(=O)N1C[C@H](c2ccccc2)[C@H]1C(=O)N[C@H](C=O)CC(=O)O. The molecule has 3 N–H and O–H groups in total. The summed E-state index contributed by atoms with van der Waals surface area (Å²) in [5.74, 6) is -3.26. The van der Waals surface area contributed by atoms with Crippen LogP contribution < -0.4 is 10.6 Å². The Morgan fingerprint density at radius 1 is 1.00 bits per heavy atom. The molecule has 1 aliphatic rings. The summed E-state index contributed by atoms with van der Waals surface area (Å²) in [5, 5.41) is 14.2. The summed E-state index contributed by atoms with van der Waals surface area (Å²) in [7, 11) is 0. The normalized spacial score (nSPS) is 18.7. The Morgan fingerprint density at radius 2 is 1.60 bits per heavy atom. The van der Waals surface area contributed by atoms with Crippen LogP contribution in [0.2, 0.25) is 0 Å². The molecule has 0 radical (unpaired) electrons. The molecule has 184 valence electrons. The molecule has 1 fully saturated rings. The van der Waals surface area contributed by atoms with Crippen molar-refractivity contribution in [1.82, 2.24) is 15.5 Å². The Labute approximate surface area is 203 Å². The predicted molar refractivity (Wildman–Crippen MR) is 127 cm³/mol. The molecular formula is C26H29N3O6. The van der Waals surface area contributed by atoms with Gasteiger partial charge in [0.25, 0.3) is 5.91 Å². The first-order valence-electron chi connectivity index (χ1n) is 11.4. The summed E-state index contributed by atoms with van der Waals surface area (Å²) in [4.78, 5) is 63.1. The molecule has 0 spiro atoms. The van der Waals surface area contributed by atoms with Crippen molar-refractivity contribution in [3.63, 3.8) is 0 Å². The van der Waals surface area contributed by atoms with Gasteiger partial charge in [-0.1, -0.05) is 62.4 Å². The third-order valence-corrected chi connectivity index (χ3v) is 6.03. The maximum atomic E-state index is 13.5. The maximum Gasteiger partial charge on any atom is 0.305 e. The third-order valence-electron chi connectivity index (χ3n) is 6.03. The molecule has 9 nitrogen and oxygen atoms in total. The van der Waals surface area contributed by atoms with Gasteiger partial charge in [-0.15, -0.1) is 0 Å². The first kappa shape index (κ1) is 25.6. The van der Waals surface area contributed by atoms with Gasteiger partial charge >= 0.3 is 5.97 Å². The minimum Gasteiger partial charge on any atom is -0.481 e. The Bertz CT molecular complexity index is 1070. The third kappa shape index (κ3) is 6.11. The largest absolute Gasteiger partial charge is 0.481 e. The number of carboxylic acids is 1. The zero-order valence-corrected chi connectivity index (χ0v) is 19.6. The van der Waals surface area contributed by atoms with Crippen LogP contribution in [0.1, 0.15) is 42.1 Å².